The Balaban J connectivity index is 2.06. The summed E-state index contributed by atoms with van der Waals surface area (Å²) in [5, 5.41) is 0. The molecule has 2 atom stereocenters. The molecule has 0 radical (unpaired) electrons. The second-order valence-corrected chi connectivity index (χ2v) is 6.98. The molecule has 19 heavy (non-hydrogen) atoms. The first-order chi connectivity index (χ1) is 9.00. The average molecular weight is 284 g/mol. The molecule has 0 saturated heterocycles. The van der Waals surface area contributed by atoms with Gasteiger partial charge in [0.05, 0.1) is 0 Å². The summed E-state index contributed by atoms with van der Waals surface area (Å²) in [6, 6.07) is 1.22. The molecule has 0 amide bonds. The van der Waals surface area contributed by atoms with Gasteiger partial charge in [-0.25, -0.2) is 13.1 Å². The maximum atomic E-state index is 12.1. The summed E-state index contributed by atoms with van der Waals surface area (Å²) < 4.78 is 26.7. The average Bonchev–Trinajstić information content (AvgIpc) is 2.38. The fourth-order valence-electron chi connectivity index (χ4n) is 2.60. The fraction of sp³-hybridized carbons (Fsp3) is 0.615. The molecule has 2 unspecified atom stereocenters. The van der Waals surface area contributed by atoms with Gasteiger partial charge in [-0.2, -0.15) is 0 Å². The lowest BCUT2D eigenvalue weighted by molar-refractivity contribution is 0.257. The van der Waals surface area contributed by atoms with Gasteiger partial charge in [-0.3, -0.25) is 4.79 Å². The highest BCUT2D eigenvalue weighted by atomic mass is 32.2. The molecule has 2 N–H and O–H groups in total. The van der Waals surface area contributed by atoms with Crippen LogP contribution < -0.4 is 10.2 Å². The van der Waals surface area contributed by atoms with Gasteiger partial charge in [-0.15, -0.1) is 0 Å². The quantitative estimate of drug-likeness (QED) is 0.879. The number of rotatable bonds is 4. The number of nitrogens with one attached hydrogen (secondary N) is 2. The van der Waals surface area contributed by atoms with Crippen LogP contribution in [0.2, 0.25) is 0 Å². The van der Waals surface area contributed by atoms with E-state index >= 15 is 0 Å². The molecule has 1 fully saturated rings. The first-order valence-electron chi connectivity index (χ1n) is 6.67. The summed E-state index contributed by atoms with van der Waals surface area (Å²) in [7, 11) is -3.71. The highest BCUT2D eigenvalue weighted by molar-refractivity contribution is 7.89. The standard InChI is InChI=1S/C13H20N2O3S/c1-10-4-2-3-5-11(10)8-15-19(17,18)13-9-14-7-6-12(13)16/h6-7,9-11,15H,2-5,8H2,1H3,(H,14,16). The van der Waals surface area contributed by atoms with Crippen LogP contribution in [0.1, 0.15) is 32.6 Å². The van der Waals surface area contributed by atoms with E-state index in [9.17, 15) is 13.2 Å². The molecule has 0 spiro atoms. The topological polar surface area (TPSA) is 79.0 Å². The Morgan fingerprint density at radius 2 is 2.11 bits per heavy atom. The van der Waals surface area contributed by atoms with Gasteiger partial charge in [0.2, 0.25) is 15.5 Å². The number of sulfonamides is 1. The zero-order valence-electron chi connectivity index (χ0n) is 11.1. The minimum Gasteiger partial charge on any atom is -0.366 e. The molecule has 1 heterocycles. The van der Waals surface area contributed by atoms with E-state index in [0.29, 0.717) is 18.4 Å². The van der Waals surface area contributed by atoms with Crippen molar-refractivity contribution < 1.29 is 8.42 Å². The Hall–Kier alpha value is -1.14. The first-order valence-corrected chi connectivity index (χ1v) is 8.16. The Kier molecular flexibility index (Phi) is 4.42. The number of aromatic nitrogens is 1. The maximum absolute atomic E-state index is 12.1. The van der Waals surface area contributed by atoms with E-state index in [0.717, 1.165) is 19.3 Å². The van der Waals surface area contributed by atoms with Crippen molar-refractivity contribution in [1.29, 1.82) is 0 Å². The Labute approximate surface area is 113 Å². The van der Waals surface area contributed by atoms with Crippen molar-refractivity contribution in [1.82, 2.24) is 9.71 Å². The lowest BCUT2D eigenvalue weighted by Crippen LogP contribution is -2.35. The Morgan fingerprint density at radius 1 is 1.37 bits per heavy atom. The summed E-state index contributed by atoms with van der Waals surface area (Å²) in [6.07, 6.45) is 7.23. The summed E-state index contributed by atoms with van der Waals surface area (Å²) in [5.74, 6) is 0.900. The minimum atomic E-state index is -3.71. The molecular weight excluding hydrogens is 264 g/mol. The van der Waals surface area contributed by atoms with Gasteiger partial charge in [0, 0.05) is 25.0 Å². The lowest BCUT2D eigenvalue weighted by Gasteiger charge is -2.28. The van der Waals surface area contributed by atoms with Gasteiger partial charge in [-0.1, -0.05) is 26.2 Å². The molecule has 6 heteroatoms. The predicted octanol–water partition coefficient (Wildman–Crippen LogP) is 1.48. The third kappa shape index (κ3) is 3.45. The third-order valence-corrected chi connectivity index (χ3v) is 5.35. The molecule has 0 aromatic carbocycles. The van der Waals surface area contributed by atoms with Crippen molar-refractivity contribution >= 4 is 10.0 Å². The number of hydrogen-bond acceptors (Lipinski definition) is 3. The van der Waals surface area contributed by atoms with Crippen LogP contribution in [-0.4, -0.2) is 19.9 Å². The minimum absolute atomic E-state index is 0.210. The van der Waals surface area contributed by atoms with E-state index in [1.165, 1.54) is 24.9 Å². The van der Waals surface area contributed by atoms with Gasteiger partial charge < -0.3 is 4.98 Å². The molecule has 1 aromatic heterocycles. The van der Waals surface area contributed by atoms with Crippen molar-refractivity contribution in [2.24, 2.45) is 11.8 Å². The molecule has 1 aliphatic rings. The second kappa shape index (κ2) is 5.88. The monoisotopic (exact) mass is 284 g/mol. The zero-order chi connectivity index (χ0) is 13.9. The molecule has 1 aromatic rings. The van der Waals surface area contributed by atoms with E-state index in [2.05, 4.69) is 16.6 Å². The van der Waals surface area contributed by atoms with Crippen LogP contribution in [0.4, 0.5) is 0 Å². The van der Waals surface area contributed by atoms with E-state index in [1.807, 2.05) is 0 Å². The molecular formula is C13H20N2O3S. The lowest BCUT2D eigenvalue weighted by atomic mass is 9.81. The number of H-pyrrole nitrogens is 1. The highest BCUT2D eigenvalue weighted by Crippen LogP contribution is 2.29. The first kappa shape index (κ1) is 14.3. The SMILES string of the molecule is CC1CCCCC1CNS(=O)(=O)c1c[nH]ccc1=O. The summed E-state index contributed by atoms with van der Waals surface area (Å²) in [4.78, 5) is 14.0. The van der Waals surface area contributed by atoms with E-state index < -0.39 is 15.5 Å². The van der Waals surface area contributed by atoms with Crippen LogP contribution in [-0.2, 0) is 10.0 Å². The molecule has 2 rings (SSSR count). The summed E-state index contributed by atoms with van der Waals surface area (Å²) in [6.45, 7) is 2.57. The van der Waals surface area contributed by atoms with Crippen LogP contribution in [0.5, 0.6) is 0 Å². The molecule has 1 saturated carbocycles. The van der Waals surface area contributed by atoms with Gasteiger partial charge in [-0.05, 0) is 18.3 Å². The Morgan fingerprint density at radius 3 is 2.79 bits per heavy atom. The normalized spacial score (nSPS) is 24.3. The van der Waals surface area contributed by atoms with E-state index in [1.54, 1.807) is 0 Å². The van der Waals surface area contributed by atoms with Crippen LogP contribution in [0.25, 0.3) is 0 Å². The summed E-state index contributed by atoms with van der Waals surface area (Å²) >= 11 is 0. The van der Waals surface area contributed by atoms with Crippen molar-refractivity contribution in [3.8, 4) is 0 Å². The van der Waals surface area contributed by atoms with Crippen LogP contribution in [0, 0.1) is 11.8 Å². The highest BCUT2D eigenvalue weighted by Gasteiger charge is 2.24. The molecule has 5 nitrogen and oxygen atoms in total. The molecule has 106 valence electrons. The van der Waals surface area contributed by atoms with Gasteiger partial charge in [0.15, 0.2) is 0 Å². The number of aromatic amines is 1. The number of hydrogen-bond donors (Lipinski definition) is 2. The second-order valence-electron chi connectivity index (χ2n) is 5.25. The maximum Gasteiger partial charge on any atom is 0.245 e. The zero-order valence-corrected chi connectivity index (χ0v) is 11.9. The van der Waals surface area contributed by atoms with Crippen molar-refractivity contribution in [2.45, 2.75) is 37.5 Å². The van der Waals surface area contributed by atoms with Gasteiger partial charge in [0.25, 0.3) is 0 Å². The molecule has 0 aliphatic heterocycles. The summed E-state index contributed by atoms with van der Waals surface area (Å²) in [5.41, 5.74) is -0.483. The molecule has 1 aliphatic carbocycles. The smallest absolute Gasteiger partial charge is 0.245 e. The largest absolute Gasteiger partial charge is 0.366 e. The van der Waals surface area contributed by atoms with Crippen molar-refractivity contribution in [2.75, 3.05) is 6.54 Å². The van der Waals surface area contributed by atoms with Crippen molar-refractivity contribution in [3.63, 3.8) is 0 Å². The van der Waals surface area contributed by atoms with E-state index in [4.69, 9.17) is 0 Å². The number of pyridine rings is 1. The van der Waals surface area contributed by atoms with Crippen LogP contribution >= 0.6 is 0 Å². The van der Waals surface area contributed by atoms with Gasteiger partial charge >= 0.3 is 0 Å². The third-order valence-electron chi connectivity index (χ3n) is 3.90. The predicted molar refractivity (Wildman–Crippen MR) is 73.4 cm³/mol. The fourth-order valence-corrected chi connectivity index (χ4v) is 3.75. The Bertz CT molecular complexity index is 580. The van der Waals surface area contributed by atoms with Crippen LogP contribution in [0.15, 0.2) is 28.2 Å². The van der Waals surface area contributed by atoms with Crippen LogP contribution in [0.3, 0.4) is 0 Å². The molecule has 0 bridgehead atoms. The van der Waals surface area contributed by atoms with E-state index in [-0.39, 0.29) is 4.90 Å². The van der Waals surface area contributed by atoms with Crippen molar-refractivity contribution in [3.05, 3.63) is 28.7 Å². The van der Waals surface area contributed by atoms with Gasteiger partial charge in [0.1, 0.15) is 4.90 Å².